The molecule has 0 radical (unpaired) electrons. The quantitative estimate of drug-likeness (QED) is 0.190. The van der Waals surface area contributed by atoms with Gasteiger partial charge in [0.15, 0.2) is 5.84 Å². The molecule has 8 aromatic carbocycles. The predicted molar refractivity (Wildman–Crippen MR) is 228 cm³/mol. The number of aromatic nitrogens is 1. The van der Waals surface area contributed by atoms with Crippen molar-refractivity contribution in [2.24, 2.45) is 9.98 Å². The third-order valence-corrected chi connectivity index (χ3v) is 11.9. The summed E-state index contributed by atoms with van der Waals surface area (Å²) in [7, 11) is 0. The van der Waals surface area contributed by atoms with Crippen molar-refractivity contribution < 1.29 is 0 Å². The van der Waals surface area contributed by atoms with Crippen molar-refractivity contribution in [3.05, 3.63) is 199 Å². The lowest BCUT2D eigenvalue weighted by Gasteiger charge is -2.24. The molecule has 0 saturated heterocycles. The van der Waals surface area contributed by atoms with E-state index in [0.717, 1.165) is 45.2 Å². The first-order valence-corrected chi connectivity index (χ1v) is 19.1. The predicted octanol–water partition coefficient (Wildman–Crippen LogP) is 12.5. The van der Waals surface area contributed by atoms with Gasteiger partial charge < -0.3 is 9.88 Å². The molecule has 11 rings (SSSR count). The Balaban J connectivity index is 0.977. The number of hydrogen-bond acceptors (Lipinski definition) is 4. The summed E-state index contributed by atoms with van der Waals surface area (Å²) in [5.74, 6) is 1.54. The van der Waals surface area contributed by atoms with E-state index in [9.17, 15) is 0 Å². The third-order valence-electron chi connectivity index (χ3n) is 10.7. The van der Waals surface area contributed by atoms with Gasteiger partial charge in [-0.3, -0.25) is 0 Å². The Labute approximate surface area is 316 Å². The largest absolute Gasteiger partial charge is 0.344 e. The number of aliphatic imine (C=N–C) groups is 2. The smallest absolute Gasteiger partial charge is 0.159 e. The molecule has 254 valence electrons. The monoisotopic (exact) mass is 708 g/mol. The van der Waals surface area contributed by atoms with Crippen LogP contribution in [0.25, 0.3) is 69.6 Å². The average Bonchev–Trinajstić information content (AvgIpc) is 3.80. The Kier molecular flexibility index (Phi) is 7.07. The number of para-hydroxylation sites is 1. The highest BCUT2D eigenvalue weighted by atomic mass is 32.1. The van der Waals surface area contributed by atoms with Gasteiger partial charge in [0.2, 0.25) is 0 Å². The zero-order valence-electron chi connectivity index (χ0n) is 29.1. The van der Waals surface area contributed by atoms with E-state index in [0.29, 0.717) is 0 Å². The van der Waals surface area contributed by atoms with Crippen LogP contribution in [-0.2, 0) is 0 Å². The van der Waals surface area contributed by atoms with Crippen LogP contribution in [0.1, 0.15) is 22.9 Å². The Bertz CT molecular complexity index is 3130. The van der Waals surface area contributed by atoms with Crippen LogP contribution in [0.15, 0.2) is 192 Å². The summed E-state index contributed by atoms with van der Waals surface area (Å²) in [4.78, 5) is 10.3. The van der Waals surface area contributed by atoms with E-state index < -0.39 is 0 Å². The van der Waals surface area contributed by atoms with Crippen LogP contribution in [0.4, 0.5) is 0 Å². The molecule has 10 aromatic rings. The maximum Gasteiger partial charge on any atom is 0.159 e. The molecule has 0 saturated carbocycles. The van der Waals surface area contributed by atoms with Gasteiger partial charge >= 0.3 is 0 Å². The summed E-state index contributed by atoms with van der Waals surface area (Å²) in [5, 5.41) is 11.3. The minimum atomic E-state index is -0.288. The Morgan fingerprint density at radius 3 is 2.09 bits per heavy atom. The first-order chi connectivity index (χ1) is 26.8. The molecular formula is C49H32N4S. The number of nitrogens with one attached hydrogen (secondary N) is 1. The third kappa shape index (κ3) is 4.97. The average molecular weight is 709 g/mol. The summed E-state index contributed by atoms with van der Waals surface area (Å²) < 4.78 is 4.93. The van der Waals surface area contributed by atoms with Gasteiger partial charge in [0.25, 0.3) is 0 Å². The molecule has 1 N–H and O–H groups in total. The molecule has 1 unspecified atom stereocenters. The number of rotatable bonds is 5. The molecule has 0 fully saturated rings. The molecule has 0 bridgehead atoms. The lowest BCUT2D eigenvalue weighted by atomic mass is 10.0. The Morgan fingerprint density at radius 1 is 0.500 bits per heavy atom. The second-order valence-corrected chi connectivity index (χ2v) is 14.9. The van der Waals surface area contributed by atoms with Crippen LogP contribution in [0.3, 0.4) is 0 Å². The van der Waals surface area contributed by atoms with Gasteiger partial charge in [-0.15, -0.1) is 11.3 Å². The van der Waals surface area contributed by atoms with Crippen molar-refractivity contribution in [1.82, 2.24) is 9.88 Å². The van der Waals surface area contributed by atoms with Crippen molar-refractivity contribution in [2.75, 3.05) is 0 Å². The fourth-order valence-electron chi connectivity index (χ4n) is 8.12. The second-order valence-electron chi connectivity index (χ2n) is 13.8. The molecule has 1 aliphatic heterocycles. The van der Waals surface area contributed by atoms with Crippen LogP contribution in [-0.4, -0.2) is 16.2 Å². The van der Waals surface area contributed by atoms with Gasteiger partial charge in [0.05, 0.1) is 11.0 Å². The van der Waals surface area contributed by atoms with Crippen molar-refractivity contribution in [3.63, 3.8) is 0 Å². The Hall–Kier alpha value is -6.82. The van der Waals surface area contributed by atoms with Gasteiger partial charge in [0, 0.05) is 53.3 Å². The molecule has 0 spiro atoms. The van der Waals surface area contributed by atoms with Gasteiger partial charge in [-0.1, -0.05) is 152 Å². The number of nitrogens with zero attached hydrogens (tertiary/aromatic N) is 3. The fourth-order valence-corrected chi connectivity index (χ4v) is 9.36. The molecule has 1 aliphatic rings. The van der Waals surface area contributed by atoms with Crippen molar-refractivity contribution >= 4 is 75.8 Å². The molecule has 54 heavy (non-hydrogen) atoms. The van der Waals surface area contributed by atoms with E-state index in [-0.39, 0.29) is 6.17 Å². The van der Waals surface area contributed by atoms with Crippen LogP contribution >= 0.6 is 11.3 Å². The SMILES string of the molecule is c1ccc(C2=NC(c3cccc4c3sc3ccccc34)NC(c3ccc(-c4cccc(-n5c6ccccc6c6c7ccccc7ccc65)c4)cc3)=N2)cc1. The molecule has 4 nitrogen and oxygen atoms in total. The number of hydrogen-bond donors (Lipinski definition) is 1. The molecule has 3 heterocycles. The molecular weight excluding hydrogens is 677 g/mol. The van der Waals surface area contributed by atoms with E-state index in [1.54, 1.807) is 0 Å². The Morgan fingerprint density at radius 2 is 1.20 bits per heavy atom. The van der Waals surface area contributed by atoms with Crippen LogP contribution in [0.5, 0.6) is 0 Å². The van der Waals surface area contributed by atoms with Gasteiger partial charge in [-0.25, -0.2) is 9.98 Å². The number of benzene rings is 8. The summed E-state index contributed by atoms with van der Waals surface area (Å²) in [6.45, 7) is 0. The van der Waals surface area contributed by atoms with Crippen LogP contribution < -0.4 is 5.32 Å². The molecule has 0 amide bonds. The van der Waals surface area contributed by atoms with E-state index in [1.165, 1.54) is 52.8 Å². The van der Waals surface area contributed by atoms with E-state index in [1.807, 2.05) is 29.5 Å². The first kappa shape index (κ1) is 30.8. The maximum absolute atomic E-state index is 5.20. The van der Waals surface area contributed by atoms with Crippen molar-refractivity contribution in [2.45, 2.75) is 6.17 Å². The van der Waals surface area contributed by atoms with Gasteiger partial charge in [0.1, 0.15) is 12.0 Å². The van der Waals surface area contributed by atoms with Crippen molar-refractivity contribution in [1.29, 1.82) is 0 Å². The molecule has 1 atom stereocenters. The lowest BCUT2D eigenvalue weighted by molar-refractivity contribution is 0.680. The highest BCUT2D eigenvalue weighted by Gasteiger charge is 2.24. The number of thiophene rings is 1. The highest BCUT2D eigenvalue weighted by Crippen LogP contribution is 2.40. The first-order valence-electron chi connectivity index (χ1n) is 18.3. The maximum atomic E-state index is 5.20. The number of amidine groups is 2. The molecule has 2 aromatic heterocycles. The standard InChI is InChI=1S/C49H32N4S/c1-2-13-33(14-3-1)47-50-48(52-49(51-47)41-21-11-20-39-38-18-7-9-23-44(38)54-46(39)41)34-26-24-31(25-27-34)35-15-10-16-36(30-35)53-42-22-8-6-19-40(42)45-37-17-5-4-12-32(37)28-29-43(45)53/h1-30,49H,(H,50,51,52). The van der Waals surface area contributed by atoms with Crippen LogP contribution in [0, 0.1) is 0 Å². The summed E-state index contributed by atoms with van der Waals surface area (Å²) in [6, 6.07) is 65.0. The zero-order chi connectivity index (χ0) is 35.6. The zero-order valence-corrected chi connectivity index (χ0v) is 30.0. The van der Waals surface area contributed by atoms with Crippen LogP contribution in [0.2, 0.25) is 0 Å². The molecule has 5 heteroatoms. The minimum Gasteiger partial charge on any atom is -0.344 e. The van der Waals surface area contributed by atoms with Gasteiger partial charge in [-0.05, 0) is 52.2 Å². The second kappa shape index (κ2) is 12.4. The normalized spacial score (nSPS) is 14.5. The summed E-state index contributed by atoms with van der Waals surface area (Å²) >= 11 is 1.83. The van der Waals surface area contributed by atoms with E-state index in [2.05, 4.69) is 174 Å². The van der Waals surface area contributed by atoms with Gasteiger partial charge in [-0.2, -0.15) is 0 Å². The minimum absolute atomic E-state index is 0.288. The van der Waals surface area contributed by atoms with E-state index in [4.69, 9.17) is 9.98 Å². The summed E-state index contributed by atoms with van der Waals surface area (Å²) in [5.41, 5.74) is 9.02. The van der Waals surface area contributed by atoms with Crippen molar-refractivity contribution in [3.8, 4) is 16.8 Å². The fraction of sp³-hybridized carbons (Fsp3) is 0.0204. The molecule has 0 aliphatic carbocycles. The van der Waals surface area contributed by atoms with E-state index >= 15 is 0 Å². The number of fused-ring (bicyclic) bond motifs is 8. The summed E-state index contributed by atoms with van der Waals surface area (Å²) in [6.07, 6.45) is -0.288. The highest BCUT2D eigenvalue weighted by molar-refractivity contribution is 7.26. The topological polar surface area (TPSA) is 41.7 Å². The lowest BCUT2D eigenvalue weighted by Crippen LogP contribution is -2.33.